The van der Waals surface area contributed by atoms with Crippen molar-refractivity contribution >= 4 is 29.1 Å². The van der Waals surface area contributed by atoms with Crippen LogP contribution in [0.5, 0.6) is 0 Å². The first kappa shape index (κ1) is 14.8. The molecule has 0 saturated carbocycles. The van der Waals surface area contributed by atoms with Crippen molar-refractivity contribution in [1.29, 1.82) is 0 Å². The number of carbonyl (C=O) groups excluding carboxylic acids is 2. The maximum Gasteiger partial charge on any atom is 0.253 e. The van der Waals surface area contributed by atoms with E-state index in [0.29, 0.717) is 22.9 Å². The zero-order chi connectivity index (χ0) is 14.7. The van der Waals surface area contributed by atoms with Crippen LogP contribution in [-0.4, -0.2) is 31.6 Å². The van der Waals surface area contributed by atoms with Gasteiger partial charge in [-0.15, -0.1) is 0 Å². The molecule has 6 heteroatoms. The number of rotatable bonds is 3. The molecule has 0 unspecified atom stereocenters. The molecule has 1 aliphatic heterocycles. The Balaban J connectivity index is 2.10. The third kappa shape index (κ3) is 3.11. The third-order valence-electron chi connectivity index (χ3n) is 3.36. The van der Waals surface area contributed by atoms with Gasteiger partial charge < -0.3 is 15.4 Å². The van der Waals surface area contributed by atoms with Gasteiger partial charge in [-0.05, 0) is 30.5 Å². The van der Waals surface area contributed by atoms with Crippen molar-refractivity contribution in [3.8, 4) is 0 Å². The molecule has 5 nitrogen and oxygen atoms in total. The largest absolute Gasteiger partial charge is 0.368 e. The Bertz CT molecular complexity index is 533. The van der Waals surface area contributed by atoms with Gasteiger partial charge >= 0.3 is 0 Å². The molecule has 1 heterocycles. The fourth-order valence-corrected chi connectivity index (χ4v) is 2.36. The van der Waals surface area contributed by atoms with Crippen LogP contribution in [0.1, 0.15) is 23.7 Å². The first-order valence-electron chi connectivity index (χ1n) is 6.47. The van der Waals surface area contributed by atoms with Gasteiger partial charge in [0.1, 0.15) is 6.10 Å². The molecule has 108 valence electrons. The standard InChI is InChI=1S/C14H17ClN2O3/c1-8-5-6-20-12(8)14(19)17-11-4-3-9(7-10(11)15)13(18)16-2/h3-4,7-8,12H,5-6H2,1-2H3,(H,16,18)(H,17,19)/t8-,12-/m1/s1. The predicted octanol–water partition coefficient (Wildman–Crippen LogP) is 2.06. The van der Waals surface area contributed by atoms with Gasteiger partial charge in [0.15, 0.2) is 0 Å². The minimum absolute atomic E-state index is 0.193. The summed E-state index contributed by atoms with van der Waals surface area (Å²) in [5.74, 6) is -0.235. The normalized spacial score (nSPS) is 21.6. The minimum atomic E-state index is -0.440. The molecule has 1 fully saturated rings. The Morgan fingerprint density at radius 1 is 1.40 bits per heavy atom. The second-order valence-corrected chi connectivity index (χ2v) is 5.23. The average molecular weight is 297 g/mol. The Labute approximate surface area is 122 Å². The molecule has 0 aromatic heterocycles. The molecule has 2 amide bonds. The molecular weight excluding hydrogens is 280 g/mol. The van der Waals surface area contributed by atoms with Gasteiger partial charge in [0, 0.05) is 19.2 Å². The van der Waals surface area contributed by atoms with Crippen molar-refractivity contribution in [2.45, 2.75) is 19.4 Å². The number of benzene rings is 1. The van der Waals surface area contributed by atoms with Gasteiger partial charge in [0.25, 0.3) is 11.8 Å². The Hall–Kier alpha value is -1.59. The van der Waals surface area contributed by atoms with Crippen LogP contribution >= 0.6 is 11.6 Å². The third-order valence-corrected chi connectivity index (χ3v) is 3.67. The zero-order valence-corrected chi connectivity index (χ0v) is 12.2. The van der Waals surface area contributed by atoms with Crippen molar-refractivity contribution in [3.05, 3.63) is 28.8 Å². The van der Waals surface area contributed by atoms with Gasteiger partial charge in [-0.1, -0.05) is 18.5 Å². The Morgan fingerprint density at radius 3 is 2.70 bits per heavy atom. The predicted molar refractivity (Wildman–Crippen MR) is 77.0 cm³/mol. The minimum Gasteiger partial charge on any atom is -0.368 e. The van der Waals surface area contributed by atoms with Gasteiger partial charge in [-0.2, -0.15) is 0 Å². The topological polar surface area (TPSA) is 67.4 Å². The number of carbonyl (C=O) groups is 2. The average Bonchev–Trinajstić information content (AvgIpc) is 2.86. The molecule has 1 aromatic carbocycles. The van der Waals surface area contributed by atoms with Gasteiger partial charge in [-0.3, -0.25) is 9.59 Å². The molecule has 1 aromatic rings. The van der Waals surface area contributed by atoms with Crippen molar-refractivity contribution in [2.24, 2.45) is 5.92 Å². The highest BCUT2D eigenvalue weighted by Gasteiger charge is 2.31. The van der Waals surface area contributed by atoms with Crippen molar-refractivity contribution < 1.29 is 14.3 Å². The van der Waals surface area contributed by atoms with E-state index in [9.17, 15) is 9.59 Å². The highest BCUT2D eigenvalue weighted by atomic mass is 35.5. The lowest BCUT2D eigenvalue weighted by molar-refractivity contribution is -0.126. The van der Waals surface area contributed by atoms with Crippen molar-refractivity contribution in [1.82, 2.24) is 5.32 Å². The highest BCUT2D eigenvalue weighted by Crippen LogP contribution is 2.26. The maximum absolute atomic E-state index is 12.1. The molecule has 0 radical (unpaired) electrons. The first-order valence-corrected chi connectivity index (χ1v) is 6.85. The zero-order valence-electron chi connectivity index (χ0n) is 11.4. The number of ether oxygens (including phenoxy) is 1. The first-order chi connectivity index (χ1) is 9.52. The molecule has 20 heavy (non-hydrogen) atoms. The van der Waals surface area contributed by atoms with E-state index in [1.807, 2.05) is 6.92 Å². The number of nitrogens with one attached hydrogen (secondary N) is 2. The van der Waals surface area contributed by atoms with Crippen LogP contribution in [-0.2, 0) is 9.53 Å². The van der Waals surface area contributed by atoms with Gasteiger partial charge in [-0.25, -0.2) is 0 Å². The molecule has 0 spiro atoms. The number of anilines is 1. The molecular formula is C14H17ClN2O3. The number of hydrogen-bond acceptors (Lipinski definition) is 3. The van der Waals surface area contributed by atoms with E-state index in [2.05, 4.69) is 10.6 Å². The van der Waals surface area contributed by atoms with Crippen LogP contribution in [0.3, 0.4) is 0 Å². The Morgan fingerprint density at radius 2 is 2.15 bits per heavy atom. The number of hydrogen-bond donors (Lipinski definition) is 2. The van der Waals surface area contributed by atoms with Gasteiger partial charge in [0.05, 0.1) is 10.7 Å². The van der Waals surface area contributed by atoms with Crippen molar-refractivity contribution in [3.63, 3.8) is 0 Å². The summed E-state index contributed by atoms with van der Waals surface area (Å²) in [6, 6.07) is 4.75. The molecule has 1 saturated heterocycles. The smallest absolute Gasteiger partial charge is 0.253 e. The lowest BCUT2D eigenvalue weighted by Gasteiger charge is -2.15. The summed E-state index contributed by atoms with van der Waals surface area (Å²) in [4.78, 5) is 23.6. The summed E-state index contributed by atoms with van der Waals surface area (Å²) in [6.07, 6.45) is 0.436. The molecule has 2 rings (SSSR count). The van der Waals surface area contributed by atoms with Gasteiger partial charge in [0.2, 0.25) is 0 Å². The lowest BCUT2D eigenvalue weighted by atomic mass is 10.0. The lowest BCUT2D eigenvalue weighted by Crippen LogP contribution is -2.31. The summed E-state index contributed by atoms with van der Waals surface area (Å²) in [6.45, 7) is 2.58. The fraction of sp³-hybridized carbons (Fsp3) is 0.429. The fourth-order valence-electron chi connectivity index (χ4n) is 2.14. The summed E-state index contributed by atoms with van der Waals surface area (Å²) < 4.78 is 5.40. The molecule has 1 aliphatic rings. The van der Waals surface area contributed by atoms with Crippen LogP contribution < -0.4 is 10.6 Å². The quantitative estimate of drug-likeness (QED) is 0.897. The van der Waals surface area contributed by atoms with E-state index in [-0.39, 0.29) is 17.7 Å². The van der Waals surface area contributed by atoms with Crippen LogP contribution in [0.25, 0.3) is 0 Å². The van der Waals surface area contributed by atoms with E-state index in [4.69, 9.17) is 16.3 Å². The molecule has 2 atom stereocenters. The monoisotopic (exact) mass is 296 g/mol. The number of amides is 2. The van der Waals surface area contributed by atoms with E-state index in [1.165, 1.54) is 6.07 Å². The summed E-state index contributed by atoms with van der Waals surface area (Å²) >= 11 is 6.08. The highest BCUT2D eigenvalue weighted by molar-refractivity contribution is 6.34. The van der Waals surface area contributed by atoms with E-state index in [0.717, 1.165) is 6.42 Å². The Kier molecular flexibility index (Phi) is 4.62. The summed E-state index contributed by atoms with van der Waals surface area (Å²) in [5.41, 5.74) is 0.924. The maximum atomic E-state index is 12.1. The summed E-state index contributed by atoms with van der Waals surface area (Å²) in [5, 5.41) is 5.58. The van der Waals surface area contributed by atoms with Crippen LogP contribution in [0.4, 0.5) is 5.69 Å². The van der Waals surface area contributed by atoms with E-state index < -0.39 is 6.10 Å². The molecule has 2 N–H and O–H groups in total. The van der Waals surface area contributed by atoms with E-state index in [1.54, 1.807) is 19.2 Å². The second kappa shape index (κ2) is 6.24. The molecule has 0 bridgehead atoms. The SMILES string of the molecule is CNC(=O)c1ccc(NC(=O)[C@@H]2OCC[C@H]2C)c(Cl)c1. The molecule has 0 aliphatic carbocycles. The summed E-state index contributed by atoms with van der Waals surface area (Å²) in [7, 11) is 1.55. The van der Waals surface area contributed by atoms with E-state index >= 15 is 0 Å². The number of halogens is 1. The van der Waals surface area contributed by atoms with Crippen LogP contribution in [0.2, 0.25) is 5.02 Å². The van der Waals surface area contributed by atoms with Crippen LogP contribution in [0.15, 0.2) is 18.2 Å². The van der Waals surface area contributed by atoms with Crippen LogP contribution in [0, 0.1) is 5.92 Å². The second-order valence-electron chi connectivity index (χ2n) is 4.82. The van der Waals surface area contributed by atoms with Crippen molar-refractivity contribution in [2.75, 3.05) is 19.0 Å².